The van der Waals surface area contributed by atoms with E-state index in [1.54, 1.807) is 6.33 Å². The van der Waals surface area contributed by atoms with Crippen molar-refractivity contribution in [1.82, 2.24) is 14.9 Å². The summed E-state index contributed by atoms with van der Waals surface area (Å²) in [4.78, 5) is 11.0. The minimum atomic E-state index is 0.469. The van der Waals surface area contributed by atoms with Crippen LogP contribution in [0.3, 0.4) is 0 Å². The van der Waals surface area contributed by atoms with Gasteiger partial charge < -0.3 is 5.32 Å². The summed E-state index contributed by atoms with van der Waals surface area (Å²) >= 11 is 0. The summed E-state index contributed by atoms with van der Waals surface area (Å²) in [5.74, 6) is 0.939. The van der Waals surface area contributed by atoms with E-state index in [0.717, 1.165) is 24.6 Å². The van der Waals surface area contributed by atoms with Crippen molar-refractivity contribution in [2.75, 3.05) is 18.4 Å². The van der Waals surface area contributed by atoms with Crippen molar-refractivity contribution < 1.29 is 0 Å². The molecule has 3 rings (SSSR count). The predicted molar refractivity (Wildman–Crippen MR) is 85.1 cm³/mol. The van der Waals surface area contributed by atoms with Crippen molar-refractivity contribution in [2.45, 2.75) is 32.4 Å². The van der Waals surface area contributed by atoms with Crippen molar-refractivity contribution in [2.24, 2.45) is 0 Å². The number of aryl methyl sites for hydroxylation is 1. The van der Waals surface area contributed by atoms with Gasteiger partial charge in [0.25, 0.3) is 0 Å². The highest BCUT2D eigenvalue weighted by atomic mass is 15.2. The van der Waals surface area contributed by atoms with Crippen molar-refractivity contribution in [3.8, 4) is 0 Å². The van der Waals surface area contributed by atoms with Crippen LogP contribution in [0.5, 0.6) is 0 Å². The predicted octanol–water partition coefficient (Wildman–Crippen LogP) is 2.86. The van der Waals surface area contributed by atoms with E-state index in [9.17, 15) is 0 Å². The lowest BCUT2D eigenvalue weighted by Crippen LogP contribution is -2.41. The molecule has 0 amide bonds. The second kappa shape index (κ2) is 6.68. The van der Waals surface area contributed by atoms with Crippen LogP contribution in [0.4, 0.5) is 5.82 Å². The summed E-state index contributed by atoms with van der Waals surface area (Å²) in [7, 11) is 0. The van der Waals surface area contributed by atoms with Gasteiger partial charge in [0, 0.05) is 30.9 Å². The monoisotopic (exact) mass is 282 g/mol. The van der Waals surface area contributed by atoms with Gasteiger partial charge in [-0.05, 0) is 31.9 Å². The Kier molecular flexibility index (Phi) is 4.46. The number of nitrogens with one attached hydrogen (secondary N) is 1. The maximum atomic E-state index is 4.30. The molecule has 2 heterocycles. The molecule has 1 fully saturated rings. The second-order valence-electron chi connectivity index (χ2n) is 5.75. The van der Waals surface area contributed by atoms with Crippen LogP contribution >= 0.6 is 0 Å². The summed E-state index contributed by atoms with van der Waals surface area (Å²) in [5.41, 5.74) is 2.39. The zero-order chi connectivity index (χ0) is 14.5. The molecule has 1 aromatic carbocycles. The first-order chi connectivity index (χ1) is 10.3. The van der Waals surface area contributed by atoms with Crippen LogP contribution in [0.1, 0.15) is 24.1 Å². The van der Waals surface area contributed by atoms with Crippen LogP contribution in [-0.4, -0.2) is 34.0 Å². The van der Waals surface area contributed by atoms with Gasteiger partial charge in [0.15, 0.2) is 0 Å². The first-order valence-corrected chi connectivity index (χ1v) is 7.61. The molecule has 1 aliphatic heterocycles. The van der Waals surface area contributed by atoms with E-state index in [1.807, 2.05) is 13.0 Å². The highest BCUT2D eigenvalue weighted by Gasteiger charge is 2.20. The topological polar surface area (TPSA) is 41.0 Å². The van der Waals surface area contributed by atoms with Crippen molar-refractivity contribution in [1.29, 1.82) is 0 Å². The Morgan fingerprint density at radius 2 is 2.10 bits per heavy atom. The SMILES string of the molecule is Cc1cc(NC2CCCN(Cc3ccccc3)C2)ncn1. The maximum absolute atomic E-state index is 4.30. The lowest BCUT2D eigenvalue weighted by atomic mass is 10.0. The Morgan fingerprint density at radius 1 is 1.24 bits per heavy atom. The zero-order valence-corrected chi connectivity index (χ0v) is 12.5. The van der Waals surface area contributed by atoms with E-state index in [4.69, 9.17) is 0 Å². The zero-order valence-electron chi connectivity index (χ0n) is 12.5. The molecule has 1 unspecified atom stereocenters. The molecule has 1 saturated heterocycles. The molecular formula is C17H22N4. The number of anilines is 1. The van der Waals surface area contributed by atoms with Gasteiger partial charge in [-0.3, -0.25) is 4.90 Å². The number of piperidine rings is 1. The van der Waals surface area contributed by atoms with Gasteiger partial charge in [-0.15, -0.1) is 0 Å². The fourth-order valence-corrected chi connectivity index (χ4v) is 2.90. The van der Waals surface area contributed by atoms with Crippen molar-refractivity contribution in [3.05, 3.63) is 54.0 Å². The molecule has 0 aliphatic carbocycles. The fraction of sp³-hybridized carbons (Fsp3) is 0.412. The number of hydrogen-bond donors (Lipinski definition) is 1. The molecule has 110 valence electrons. The quantitative estimate of drug-likeness (QED) is 0.936. The number of likely N-dealkylation sites (tertiary alicyclic amines) is 1. The van der Waals surface area contributed by atoms with Gasteiger partial charge in [0.2, 0.25) is 0 Å². The first kappa shape index (κ1) is 14.0. The maximum Gasteiger partial charge on any atom is 0.129 e. The standard InChI is InChI=1S/C17H22N4/c1-14-10-17(19-13-18-14)20-16-8-5-9-21(12-16)11-15-6-3-2-4-7-15/h2-4,6-7,10,13,16H,5,8-9,11-12H2,1H3,(H,18,19,20). The van der Waals surface area contributed by atoms with Crippen LogP contribution in [0, 0.1) is 6.92 Å². The molecule has 0 radical (unpaired) electrons. The van der Waals surface area contributed by atoms with E-state index >= 15 is 0 Å². The number of rotatable bonds is 4. The summed E-state index contributed by atoms with van der Waals surface area (Å²) in [5, 5.41) is 3.54. The Bertz CT molecular complexity index is 570. The molecule has 0 spiro atoms. The number of aromatic nitrogens is 2. The molecular weight excluding hydrogens is 260 g/mol. The highest BCUT2D eigenvalue weighted by molar-refractivity contribution is 5.35. The molecule has 1 N–H and O–H groups in total. The lowest BCUT2D eigenvalue weighted by molar-refractivity contribution is 0.208. The van der Waals surface area contributed by atoms with Gasteiger partial charge in [0.1, 0.15) is 12.1 Å². The Morgan fingerprint density at radius 3 is 2.90 bits per heavy atom. The summed E-state index contributed by atoms with van der Waals surface area (Å²) in [6, 6.07) is 13.2. The van der Waals surface area contributed by atoms with Gasteiger partial charge in [-0.25, -0.2) is 9.97 Å². The number of nitrogens with zero attached hydrogens (tertiary/aromatic N) is 3. The molecule has 0 bridgehead atoms. The smallest absolute Gasteiger partial charge is 0.129 e. The average Bonchev–Trinajstić information content (AvgIpc) is 2.49. The normalized spacial score (nSPS) is 19.4. The Labute approximate surface area is 126 Å². The highest BCUT2D eigenvalue weighted by Crippen LogP contribution is 2.17. The van der Waals surface area contributed by atoms with Crippen LogP contribution in [0.15, 0.2) is 42.7 Å². The van der Waals surface area contributed by atoms with E-state index in [1.165, 1.54) is 24.9 Å². The van der Waals surface area contributed by atoms with E-state index < -0.39 is 0 Å². The summed E-state index contributed by atoms with van der Waals surface area (Å²) in [6.45, 7) is 5.27. The minimum absolute atomic E-state index is 0.469. The van der Waals surface area contributed by atoms with Crippen molar-refractivity contribution >= 4 is 5.82 Å². The van der Waals surface area contributed by atoms with Crippen LogP contribution in [0.2, 0.25) is 0 Å². The molecule has 1 aromatic heterocycles. The largest absolute Gasteiger partial charge is 0.366 e. The van der Waals surface area contributed by atoms with Crippen LogP contribution in [-0.2, 0) is 6.54 Å². The van der Waals surface area contributed by atoms with Crippen molar-refractivity contribution in [3.63, 3.8) is 0 Å². The summed E-state index contributed by atoms with van der Waals surface area (Å²) in [6.07, 6.45) is 4.06. The van der Waals surface area contributed by atoms with Crippen LogP contribution < -0.4 is 5.32 Å². The van der Waals surface area contributed by atoms with Gasteiger partial charge in [-0.1, -0.05) is 30.3 Å². The molecule has 1 aliphatic rings. The van der Waals surface area contributed by atoms with E-state index in [0.29, 0.717) is 6.04 Å². The summed E-state index contributed by atoms with van der Waals surface area (Å²) < 4.78 is 0. The average molecular weight is 282 g/mol. The molecule has 0 saturated carbocycles. The molecule has 2 aromatic rings. The second-order valence-corrected chi connectivity index (χ2v) is 5.75. The van der Waals surface area contributed by atoms with Gasteiger partial charge >= 0.3 is 0 Å². The lowest BCUT2D eigenvalue weighted by Gasteiger charge is -2.33. The fourth-order valence-electron chi connectivity index (χ4n) is 2.90. The molecule has 21 heavy (non-hydrogen) atoms. The first-order valence-electron chi connectivity index (χ1n) is 7.61. The van der Waals surface area contributed by atoms with Gasteiger partial charge in [0.05, 0.1) is 0 Å². The van der Waals surface area contributed by atoms with Crippen LogP contribution in [0.25, 0.3) is 0 Å². The Balaban J connectivity index is 1.58. The molecule has 1 atom stereocenters. The van der Waals surface area contributed by atoms with E-state index in [-0.39, 0.29) is 0 Å². The minimum Gasteiger partial charge on any atom is -0.366 e. The third-order valence-corrected chi connectivity index (χ3v) is 3.91. The molecule has 4 nitrogen and oxygen atoms in total. The van der Waals surface area contributed by atoms with E-state index in [2.05, 4.69) is 50.5 Å². The number of benzene rings is 1. The third-order valence-electron chi connectivity index (χ3n) is 3.91. The Hall–Kier alpha value is -1.94. The van der Waals surface area contributed by atoms with Gasteiger partial charge in [-0.2, -0.15) is 0 Å². The third kappa shape index (κ3) is 4.02. The number of hydrogen-bond acceptors (Lipinski definition) is 4. The molecule has 4 heteroatoms.